The minimum Gasteiger partial charge on any atom is -0.476 e. The van der Waals surface area contributed by atoms with Crippen molar-refractivity contribution in [3.05, 3.63) is 145 Å². The fraction of sp³-hybridized carbons (Fsp3) is 0.0526. The monoisotopic (exact) mass is 719 g/mol. The van der Waals surface area contributed by atoms with Crippen molar-refractivity contribution in [1.29, 1.82) is 0 Å². The van der Waals surface area contributed by atoms with Crippen LogP contribution >= 0.6 is 0 Å². The van der Waals surface area contributed by atoms with E-state index in [2.05, 4.69) is 90.5 Å². The van der Waals surface area contributed by atoms with Crippen LogP contribution in [0.1, 0.15) is 11.1 Å². The average molecular weight is 719 g/mol. The Morgan fingerprint density at radius 1 is 0.595 bits per heavy atom. The molecule has 0 amide bonds. The first-order valence-electron chi connectivity index (χ1n) is 13.7. The molecule has 0 fully saturated rings. The third-order valence-corrected chi connectivity index (χ3v) is 7.57. The second kappa shape index (κ2) is 11.7. The summed E-state index contributed by atoms with van der Waals surface area (Å²) < 4.78 is 6.22. The molecule has 0 atom stereocenters. The molecule has 0 unspecified atom stereocenters. The van der Waals surface area contributed by atoms with E-state index in [1.54, 1.807) is 0 Å². The molecule has 3 aromatic heterocycles. The second-order valence-corrected chi connectivity index (χ2v) is 10.2. The molecule has 3 heterocycles. The van der Waals surface area contributed by atoms with Gasteiger partial charge in [-0.1, -0.05) is 77.7 Å². The Kier molecular flexibility index (Phi) is 7.67. The number of nitrogens with zero attached hydrogens (tertiary/aromatic N) is 2. The number of hydrogen-bond donors (Lipinski definition) is 0. The number of fused-ring (bicyclic) bond motifs is 6. The molecule has 5 aromatic carbocycles. The molecule has 205 valence electrons. The van der Waals surface area contributed by atoms with Gasteiger partial charge in [-0.05, 0) is 69.9 Å². The van der Waals surface area contributed by atoms with Gasteiger partial charge in [0.05, 0.1) is 5.58 Å². The molecule has 0 aliphatic carbocycles. The van der Waals surface area contributed by atoms with E-state index in [9.17, 15) is 0 Å². The molecule has 0 bridgehead atoms. The van der Waals surface area contributed by atoms with E-state index in [1.807, 2.05) is 67.0 Å². The van der Waals surface area contributed by atoms with E-state index >= 15 is 0 Å². The number of benzene rings is 5. The average Bonchev–Trinajstić information content (AvgIpc) is 3.40. The molecule has 8 aromatic rings. The smallest absolute Gasteiger partial charge is 0.124 e. The van der Waals surface area contributed by atoms with E-state index in [1.165, 1.54) is 32.7 Å². The van der Waals surface area contributed by atoms with Gasteiger partial charge in [-0.25, -0.2) is 0 Å². The van der Waals surface area contributed by atoms with Crippen LogP contribution in [0, 0.1) is 26.0 Å². The first kappa shape index (κ1) is 27.5. The van der Waals surface area contributed by atoms with Gasteiger partial charge in [-0.15, -0.1) is 53.6 Å². The van der Waals surface area contributed by atoms with E-state index in [-0.39, 0.29) is 20.1 Å². The molecule has 3 nitrogen and oxygen atoms in total. The molecular formula is C38H26IrN2O-2. The number of aromatic nitrogens is 2. The number of pyridine rings is 2. The van der Waals surface area contributed by atoms with E-state index in [4.69, 9.17) is 4.42 Å². The molecule has 1 radical (unpaired) electrons. The summed E-state index contributed by atoms with van der Waals surface area (Å²) in [5.74, 6) is 0. The summed E-state index contributed by atoms with van der Waals surface area (Å²) in [7, 11) is 0. The quantitative estimate of drug-likeness (QED) is 0.132. The van der Waals surface area contributed by atoms with Crippen molar-refractivity contribution in [3.63, 3.8) is 0 Å². The number of furan rings is 1. The maximum atomic E-state index is 6.22. The van der Waals surface area contributed by atoms with Gasteiger partial charge in [-0.2, -0.15) is 0 Å². The topological polar surface area (TPSA) is 38.9 Å². The summed E-state index contributed by atoms with van der Waals surface area (Å²) in [5.41, 5.74) is 8.19. The van der Waals surface area contributed by atoms with E-state index in [0.29, 0.717) is 0 Å². The minimum atomic E-state index is 0. The van der Waals surface area contributed by atoms with Crippen LogP contribution in [0.3, 0.4) is 0 Å². The zero-order valence-corrected chi connectivity index (χ0v) is 25.6. The number of hydrogen-bond acceptors (Lipinski definition) is 3. The van der Waals surface area contributed by atoms with Gasteiger partial charge in [0.2, 0.25) is 0 Å². The summed E-state index contributed by atoms with van der Waals surface area (Å²) in [6.07, 6.45) is 3.72. The summed E-state index contributed by atoms with van der Waals surface area (Å²) >= 11 is 0. The molecule has 0 aliphatic heterocycles. The minimum absolute atomic E-state index is 0. The maximum absolute atomic E-state index is 6.22. The van der Waals surface area contributed by atoms with Gasteiger partial charge in [0.15, 0.2) is 0 Å². The van der Waals surface area contributed by atoms with Gasteiger partial charge in [-0.3, -0.25) is 0 Å². The van der Waals surface area contributed by atoms with Crippen molar-refractivity contribution in [1.82, 2.24) is 9.97 Å². The van der Waals surface area contributed by atoms with Crippen LogP contribution in [0.15, 0.2) is 126 Å². The van der Waals surface area contributed by atoms with Crippen LogP contribution in [0.2, 0.25) is 0 Å². The molecule has 0 saturated heterocycles. The molecule has 0 saturated carbocycles. The normalized spacial score (nSPS) is 10.9. The first-order chi connectivity index (χ1) is 20.2. The Bertz CT molecular complexity index is 2170. The van der Waals surface area contributed by atoms with Crippen LogP contribution in [0.5, 0.6) is 0 Å². The Balaban J connectivity index is 0.000000179. The first-order valence-corrected chi connectivity index (χ1v) is 13.7. The molecule has 4 heteroatoms. The van der Waals surface area contributed by atoms with Gasteiger partial charge in [0.25, 0.3) is 0 Å². The van der Waals surface area contributed by atoms with Crippen molar-refractivity contribution in [2.24, 2.45) is 0 Å². The van der Waals surface area contributed by atoms with Crippen molar-refractivity contribution < 1.29 is 24.5 Å². The Hall–Kier alpha value is -4.63. The second-order valence-electron chi connectivity index (χ2n) is 10.2. The van der Waals surface area contributed by atoms with Gasteiger partial charge in [0, 0.05) is 32.5 Å². The third kappa shape index (κ3) is 5.12. The Morgan fingerprint density at radius 2 is 1.43 bits per heavy atom. The predicted octanol–water partition coefficient (Wildman–Crippen LogP) is 9.92. The molecule has 0 N–H and O–H groups in total. The maximum Gasteiger partial charge on any atom is 0.124 e. The largest absolute Gasteiger partial charge is 0.476 e. The summed E-state index contributed by atoms with van der Waals surface area (Å²) in [6.45, 7) is 4.17. The molecule has 42 heavy (non-hydrogen) atoms. The summed E-state index contributed by atoms with van der Waals surface area (Å²) in [5, 5.41) is 7.08. The Morgan fingerprint density at radius 3 is 2.24 bits per heavy atom. The Labute approximate surface area is 258 Å². The molecular weight excluding hydrogens is 693 g/mol. The summed E-state index contributed by atoms with van der Waals surface area (Å²) in [4.78, 5) is 8.89. The van der Waals surface area contributed by atoms with Crippen molar-refractivity contribution in [2.75, 3.05) is 0 Å². The SMILES string of the molecule is Cc1cnc(-c2[c-]cccc2)cc1C.[Ir].[c-]1ccc2oc3cc4c(ccc5ccccc54)cc3c2c1-c1ccccn1. The zero-order valence-electron chi connectivity index (χ0n) is 23.2. The van der Waals surface area contributed by atoms with Crippen LogP contribution in [-0.2, 0) is 20.1 Å². The molecule has 0 aliphatic rings. The van der Waals surface area contributed by atoms with Crippen molar-refractivity contribution in [2.45, 2.75) is 13.8 Å². The van der Waals surface area contributed by atoms with Crippen LogP contribution in [0.25, 0.3) is 66.0 Å². The van der Waals surface area contributed by atoms with Crippen molar-refractivity contribution >= 4 is 43.5 Å². The van der Waals surface area contributed by atoms with Gasteiger partial charge >= 0.3 is 0 Å². The third-order valence-electron chi connectivity index (χ3n) is 7.57. The molecule has 8 rings (SSSR count). The summed E-state index contributed by atoms with van der Waals surface area (Å²) in [6, 6.07) is 43.6. The molecule has 0 spiro atoms. The van der Waals surface area contributed by atoms with Crippen molar-refractivity contribution in [3.8, 4) is 22.5 Å². The fourth-order valence-electron chi connectivity index (χ4n) is 5.30. The van der Waals surface area contributed by atoms with Crippen LogP contribution in [-0.4, -0.2) is 9.97 Å². The van der Waals surface area contributed by atoms with E-state index < -0.39 is 0 Å². The van der Waals surface area contributed by atoms with Crippen LogP contribution < -0.4 is 0 Å². The fourth-order valence-corrected chi connectivity index (χ4v) is 5.30. The predicted molar refractivity (Wildman–Crippen MR) is 169 cm³/mol. The van der Waals surface area contributed by atoms with Gasteiger partial charge in [0.1, 0.15) is 5.58 Å². The number of rotatable bonds is 2. The van der Waals surface area contributed by atoms with Gasteiger partial charge < -0.3 is 14.4 Å². The van der Waals surface area contributed by atoms with E-state index in [0.717, 1.165) is 44.5 Å². The number of aryl methyl sites for hydroxylation is 2. The standard InChI is InChI=1S/C25H14NO.C13H12N.Ir/c1-2-7-18-16(6-1)11-12-17-14-21-24(15-20(17)18)27-23-10-5-8-19(25(21)23)22-9-3-4-13-26-22;1-10-8-13(14-9-11(10)2)12-6-4-3-5-7-12;/h1-7,9-15H;3-6,8-9H,1-2H3;/q2*-1;. The zero-order chi connectivity index (χ0) is 27.8. The van der Waals surface area contributed by atoms with Crippen LogP contribution in [0.4, 0.5) is 0 Å².